The minimum absolute atomic E-state index is 0.354. The van der Waals surface area contributed by atoms with Crippen molar-refractivity contribution in [2.45, 2.75) is 38.7 Å². The van der Waals surface area contributed by atoms with Crippen molar-refractivity contribution < 1.29 is 5.11 Å². The van der Waals surface area contributed by atoms with Crippen LogP contribution in [0.15, 0.2) is 28.7 Å². The second kappa shape index (κ2) is 7.41. The van der Waals surface area contributed by atoms with Gasteiger partial charge in [0.15, 0.2) is 0 Å². The highest BCUT2D eigenvalue weighted by Gasteiger charge is 2.20. The molecule has 1 fully saturated rings. The molecule has 0 aliphatic heterocycles. The van der Waals surface area contributed by atoms with E-state index in [9.17, 15) is 5.11 Å². The van der Waals surface area contributed by atoms with Gasteiger partial charge in [-0.15, -0.1) is 0 Å². The Labute approximate surface area is 124 Å². The lowest BCUT2D eigenvalue weighted by atomic mass is 9.85. The van der Waals surface area contributed by atoms with Gasteiger partial charge in [0.1, 0.15) is 0 Å². The first-order valence-corrected chi connectivity index (χ1v) is 8.14. The van der Waals surface area contributed by atoms with Crippen LogP contribution in [0.4, 0.5) is 0 Å². The van der Waals surface area contributed by atoms with Gasteiger partial charge in [-0.05, 0) is 49.4 Å². The first-order valence-electron chi connectivity index (χ1n) is 7.35. The van der Waals surface area contributed by atoms with E-state index in [0.717, 1.165) is 35.5 Å². The van der Waals surface area contributed by atoms with E-state index >= 15 is 0 Å². The average Bonchev–Trinajstić information content (AvgIpc) is 2.36. The van der Waals surface area contributed by atoms with Gasteiger partial charge in [-0.25, -0.2) is 0 Å². The molecule has 2 nitrogen and oxygen atoms in total. The third-order valence-corrected chi connectivity index (χ3v) is 4.63. The summed E-state index contributed by atoms with van der Waals surface area (Å²) in [5.41, 5.74) is 1.01. The maximum absolute atomic E-state index is 10.2. The number of aliphatic hydroxyl groups is 1. The second-order valence-corrected chi connectivity index (χ2v) is 6.47. The summed E-state index contributed by atoms with van der Waals surface area (Å²) in [7, 11) is 0. The van der Waals surface area contributed by atoms with E-state index in [1.807, 2.05) is 24.3 Å². The molecule has 0 spiro atoms. The predicted molar refractivity (Wildman–Crippen MR) is 83.2 cm³/mol. The molecule has 0 heterocycles. The third kappa shape index (κ3) is 4.59. The highest BCUT2D eigenvalue weighted by atomic mass is 79.9. The van der Waals surface area contributed by atoms with Crippen molar-refractivity contribution in [3.63, 3.8) is 0 Å². The topological polar surface area (TPSA) is 23.5 Å². The molecular formula is C16H24BrNO. The predicted octanol–water partition coefficient (Wildman–Crippen LogP) is 3.99. The standard InChI is InChI=1S/C16H24BrNO/c1-2-18(12-13-5-3-6-13)10-9-16(19)14-7-4-8-15(17)11-14/h4,7-8,11,13,16,19H,2-3,5-6,9-10,12H2,1H3. The lowest BCUT2D eigenvalue weighted by molar-refractivity contribution is 0.126. The van der Waals surface area contributed by atoms with E-state index in [1.165, 1.54) is 25.8 Å². The molecule has 1 aliphatic carbocycles. The zero-order chi connectivity index (χ0) is 13.7. The van der Waals surface area contributed by atoms with E-state index < -0.39 is 0 Å². The number of nitrogens with zero attached hydrogens (tertiary/aromatic N) is 1. The van der Waals surface area contributed by atoms with Crippen LogP contribution >= 0.6 is 15.9 Å². The maximum Gasteiger partial charge on any atom is 0.0802 e. The van der Waals surface area contributed by atoms with Crippen molar-refractivity contribution >= 4 is 15.9 Å². The molecule has 106 valence electrons. The smallest absolute Gasteiger partial charge is 0.0802 e. The molecule has 19 heavy (non-hydrogen) atoms. The quantitative estimate of drug-likeness (QED) is 0.819. The Morgan fingerprint density at radius 3 is 2.79 bits per heavy atom. The van der Waals surface area contributed by atoms with Gasteiger partial charge in [0.25, 0.3) is 0 Å². The van der Waals surface area contributed by atoms with E-state index in [-0.39, 0.29) is 6.10 Å². The Hall–Kier alpha value is -0.380. The van der Waals surface area contributed by atoms with Crippen LogP contribution in [0, 0.1) is 5.92 Å². The third-order valence-electron chi connectivity index (χ3n) is 4.14. The molecule has 1 aromatic carbocycles. The summed E-state index contributed by atoms with van der Waals surface area (Å²) >= 11 is 3.45. The van der Waals surface area contributed by atoms with Crippen molar-refractivity contribution in [1.82, 2.24) is 4.90 Å². The zero-order valence-electron chi connectivity index (χ0n) is 11.7. The van der Waals surface area contributed by atoms with Gasteiger partial charge in [-0.2, -0.15) is 0 Å². The molecule has 3 heteroatoms. The summed E-state index contributed by atoms with van der Waals surface area (Å²) in [6.45, 7) is 5.49. The van der Waals surface area contributed by atoms with Crippen molar-refractivity contribution in [3.8, 4) is 0 Å². The van der Waals surface area contributed by atoms with Crippen LogP contribution in [0.2, 0.25) is 0 Å². The number of halogens is 1. The lowest BCUT2D eigenvalue weighted by Gasteiger charge is -2.32. The number of hydrogen-bond donors (Lipinski definition) is 1. The van der Waals surface area contributed by atoms with Gasteiger partial charge in [0, 0.05) is 17.6 Å². The van der Waals surface area contributed by atoms with Gasteiger partial charge >= 0.3 is 0 Å². The summed E-state index contributed by atoms with van der Waals surface area (Å²) in [5, 5.41) is 10.2. The number of hydrogen-bond acceptors (Lipinski definition) is 2. The summed E-state index contributed by atoms with van der Waals surface area (Å²) < 4.78 is 1.03. The Bertz CT molecular complexity index is 392. The number of benzene rings is 1. The van der Waals surface area contributed by atoms with Gasteiger partial charge in [0.2, 0.25) is 0 Å². The van der Waals surface area contributed by atoms with Crippen LogP contribution in [0.1, 0.15) is 44.3 Å². The van der Waals surface area contributed by atoms with Crippen LogP contribution in [0.5, 0.6) is 0 Å². The first kappa shape index (κ1) is 15.0. The Morgan fingerprint density at radius 2 is 2.21 bits per heavy atom. The first-order chi connectivity index (χ1) is 9.19. The number of aliphatic hydroxyl groups excluding tert-OH is 1. The van der Waals surface area contributed by atoms with Gasteiger partial charge in [-0.1, -0.05) is 41.4 Å². The summed E-state index contributed by atoms with van der Waals surface area (Å²) in [4.78, 5) is 2.48. The largest absolute Gasteiger partial charge is 0.388 e. The Balaban J connectivity index is 1.79. The van der Waals surface area contributed by atoms with E-state index in [1.54, 1.807) is 0 Å². The molecule has 1 N–H and O–H groups in total. The molecule has 0 aromatic heterocycles. The number of rotatable bonds is 7. The minimum Gasteiger partial charge on any atom is -0.388 e. The lowest BCUT2D eigenvalue weighted by Crippen LogP contribution is -2.33. The Morgan fingerprint density at radius 1 is 1.42 bits per heavy atom. The fourth-order valence-electron chi connectivity index (χ4n) is 2.60. The van der Waals surface area contributed by atoms with Crippen molar-refractivity contribution in [3.05, 3.63) is 34.3 Å². The SMILES string of the molecule is CCN(CCC(O)c1cccc(Br)c1)CC1CCC1. The van der Waals surface area contributed by atoms with Crippen molar-refractivity contribution in [1.29, 1.82) is 0 Å². The minimum atomic E-state index is -0.354. The van der Waals surface area contributed by atoms with Gasteiger partial charge < -0.3 is 10.0 Å². The fraction of sp³-hybridized carbons (Fsp3) is 0.625. The highest BCUT2D eigenvalue weighted by molar-refractivity contribution is 9.10. The van der Waals surface area contributed by atoms with Gasteiger partial charge in [-0.3, -0.25) is 0 Å². The van der Waals surface area contributed by atoms with Crippen LogP contribution in [-0.2, 0) is 0 Å². The molecule has 1 unspecified atom stereocenters. The summed E-state index contributed by atoms with van der Waals surface area (Å²) in [6, 6.07) is 7.98. The normalized spacial score (nSPS) is 17.5. The molecule has 0 saturated heterocycles. The Kier molecular flexibility index (Phi) is 5.86. The van der Waals surface area contributed by atoms with Crippen LogP contribution in [-0.4, -0.2) is 29.6 Å². The van der Waals surface area contributed by atoms with E-state index in [4.69, 9.17) is 0 Å². The molecule has 1 saturated carbocycles. The van der Waals surface area contributed by atoms with Crippen LogP contribution < -0.4 is 0 Å². The van der Waals surface area contributed by atoms with Crippen molar-refractivity contribution in [2.24, 2.45) is 5.92 Å². The monoisotopic (exact) mass is 325 g/mol. The molecule has 0 radical (unpaired) electrons. The summed E-state index contributed by atoms with van der Waals surface area (Å²) in [5.74, 6) is 0.906. The molecule has 1 aliphatic rings. The average molecular weight is 326 g/mol. The van der Waals surface area contributed by atoms with Crippen LogP contribution in [0.3, 0.4) is 0 Å². The second-order valence-electron chi connectivity index (χ2n) is 5.55. The molecule has 1 atom stereocenters. The van der Waals surface area contributed by atoms with E-state index in [2.05, 4.69) is 27.8 Å². The molecule has 0 bridgehead atoms. The van der Waals surface area contributed by atoms with Crippen molar-refractivity contribution in [2.75, 3.05) is 19.6 Å². The summed E-state index contributed by atoms with van der Waals surface area (Å²) in [6.07, 6.45) is 4.66. The highest BCUT2D eigenvalue weighted by Crippen LogP contribution is 2.27. The molecule has 0 amide bonds. The van der Waals surface area contributed by atoms with Crippen LogP contribution in [0.25, 0.3) is 0 Å². The van der Waals surface area contributed by atoms with Gasteiger partial charge in [0.05, 0.1) is 6.10 Å². The van der Waals surface area contributed by atoms with E-state index in [0.29, 0.717) is 0 Å². The maximum atomic E-state index is 10.2. The molecular weight excluding hydrogens is 302 g/mol. The molecule has 1 aromatic rings. The molecule has 2 rings (SSSR count). The fourth-order valence-corrected chi connectivity index (χ4v) is 3.02. The zero-order valence-corrected chi connectivity index (χ0v) is 13.3.